The predicted octanol–water partition coefficient (Wildman–Crippen LogP) is 0.892. The molecule has 0 aromatic carbocycles. The first-order valence-electron chi connectivity index (χ1n) is 5.23. The number of nitrogens with one attached hydrogen (secondary N) is 2. The number of aromatic nitrogens is 2. The minimum Gasteiger partial charge on any atom is -0.369 e. The molecule has 1 aliphatic carbocycles. The Morgan fingerprint density at radius 1 is 1.50 bits per heavy atom. The zero-order valence-corrected chi connectivity index (χ0v) is 8.88. The monoisotopic (exact) mass is 194 g/mol. The van der Waals surface area contributed by atoms with Gasteiger partial charge in [0.1, 0.15) is 5.82 Å². The molecule has 1 aromatic rings. The highest BCUT2D eigenvalue weighted by Crippen LogP contribution is 2.17. The van der Waals surface area contributed by atoms with E-state index in [9.17, 15) is 0 Å². The maximum Gasteiger partial charge on any atom is 0.124 e. The minimum absolute atomic E-state index is 0.796. The number of anilines is 1. The number of hydrogen-bond donors (Lipinski definition) is 2. The fraction of sp³-hybridized carbons (Fsp3) is 0.700. The highest BCUT2D eigenvalue weighted by atomic mass is 15.3. The van der Waals surface area contributed by atoms with Crippen molar-refractivity contribution in [2.45, 2.75) is 25.8 Å². The van der Waals surface area contributed by atoms with E-state index in [0.717, 1.165) is 30.6 Å². The third-order valence-electron chi connectivity index (χ3n) is 2.44. The molecule has 0 atom stereocenters. The van der Waals surface area contributed by atoms with Crippen LogP contribution in [0.15, 0.2) is 6.07 Å². The first-order chi connectivity index (χ1) is 6.75. The predicted molar refractivity (Wildman–Crippen MR) is 57.5 cm³/mol. The molecule has 2 N–H and O–H groups in total. The molecular weight excluding hydrogens is 176 g/mol. The Morgan fingerprint density at radius 2 is 2.29 bits per heavy atom. The summed E-state index contributed by atoms with van der Waals surface area (Å²) in [6.07, 6.45) is 2.70. The molecule has 0 bridgehead atoms. The summed E-state index contributed by atoms with van der Waals surface area (Å²) in [6.45, 7) is 4.01. The molecule has 14 heavy (non-hydrogen) atoms. The zero-order chi connectivity index (χ0) is 9.97. The van der Waals surface area contributed by atoms with E-state index in [0.29, 0.717) is 0 Å². The van der Waals surface area contributed by atoms with E-state index in [4.69, 9.17) is 0 Å². The van der Waals surface area contributed by atoms with Crippen molar-refractivity contribution in [1.82, 2.24) is 15.1 Å². The van der Waals surface area contributed by atoms with E-state index in [2.05, 4.69) is 21.8 Å². The van der Waals surface area contributed by atoms with Crippen molar-refractivity contribution in [2.75, 3.05) is 18.4 Å². The van der Waals surface area contributed by atoms with E-state index in [-0.39, 0.29) is 0 Å². The molecule has 4 nitrogen and oxygen atoms in total. The number of aryl methyl sites for hydroxylation is 2. The van der Waals surface area contributed by atoms with Gasteiger partial charge in [-0.25, -0.2) is 0 Å². The summed E-state index contributed by atoms with van der Waals surface area (Å²) in [7, 11) is 1.96. The van der Waals surface area contributed by atoms with E-state index in [1.807, 2.05) is 18.7 Å². The summed E-state index contributed by atoms with van der Waals surface area (Å²) < 4.78 is 1.88. The van der Waals surface area contributed by atoms with Gasteiger partial charge in [-0.1, -0.05) is 0 Å². The van der Waals surface area contributed by atoms with Gasteiger partial charge in [0.25, 0.3) is 0 Å². The summed E-state index contributed by atoms with van der Waals surface area (Å²) in [5, 5.41) is 11.1. The van der Waals surface area contributed by atoms with Gasteiger partial charge in [0.2, 0.25) is 0 Å². The van der Waals surface area contributed by atoms with E-state index < -0.39 is 0 Å². The van der Waals surface area contributed by atoms with Crippen molar-refractivity contribution in [3.8, 4) is 0 Å². The van der Waals surface area contributed by atoms with Crippen LogP contribution in [0.4, 0.5) is 5.82 Å². The molecule has 1 aliphatic rings. The Labute approximate surface area is 84.7 Å². The fourth-order valence-electron chi connectivity index (χ4n) is 1.53. The van der Waals surface area contributed by atoms with Gasteiger partial charge in [-0.3, -0.25) is 4.68 Å². The van der Waals surface area contributed by atoms with Crippen molar-refractivity contribution >= 4 is 5.82 Å². The molecule has 0 radical (unpaired) electrons. The van der Waals surface area contributed by atoms with Gasteiger partial charge in [0.15, 0.2) is 0 Å². The first-order valence-corrected chi connectivity index (χ1v) is 5.23. The Bertz CT molecular complexity index is 301. The Hall–Kier alpha value is -1.03. The molecule has 4 heteroatoms. The molecule has 78 valence electrons. The molecule has 0 aliphatic heterocycles. The second kappa shape index (κ2) is 4.00. The molecule has 1 fully saturated rings. The van der Waals surface area contributed by atoms with Crippen molar-refractivity contribution in [2.24, 2.45) is 7.05 Å². The number of nitrogens with zero attached hydrogens (tertiary/aromatic N) is 2. The van der Waals surface area contributed by atoms with E-state index in [1.165, 1.54) is 12.8 Å². The van der Waals surface area contributed by atoms with Crippen LogP contribution in [0.3, 0.4) is 0 Å². The fourth-order valence-corrected chi connectivity index (χ4v) is 1.53. The quantitative estimate of drug-likeness (QED) is 0.684. The second-order valence-electron chi connectivity index (χ2n) is 3.95. The first kappa shape index (κ1) is 9.52. The van der Waals surface area contributed by atoms with Crippen molar-refractivity contribution in [3.63, 3.8) is 0 Å². The smallest absolute Gasteiger partial charge is 0.124 e. The highest BCUT2D eigenvalue weighted by molar-refractivity contribution is 5.36. The molecule has 2 rings (SSSR count). The van der Waals surface area contributed by atoms with Gasteiger partial charge < -0.3 is 10.6 Å². The molecular formula is C10H18N4. The molecule has 0 amide bonds. The molecule has 1 aromatic heterocycles. The van der Waals surface area contributed by atoms with Crippen LogP contribution in [0.25, 0.3) is 0 Å². The Balaban J connectivity index is 1.70. The van der Waals surface area contributed by atoms with Gasteiger partial charge in [-0.15, -0.1) is 0 Å². The average Bonchev–Trinajstić information content (AvgIpc) is 2.88. The van der Waals surface area contributed by atoms with Crippen molar-refractivity contribution in [3.05, 3.63) is 11.8 Å². The average molecular weight is 194 g/mol. The molecule has 0 unspecified atom stereocenters. The Morgan fingerprint density at radius 3 is 2.86 bits per heavy atom. The van der Waals surface area contributed by atoms with Crippen LogP contribution in [0.1, 0.15) is 18.5 Å². The van der Waals surface area contributed by atoms with Gasteiger partial charge in [-0.2, -0.15) is 5.10 Å². The summed E-state index contributed by atoms with van der Waals surface area (Å²) in [5.41, 5.74) is 1.06. The zero-order valence-electron chi connectivity index (χ0n) is 8.88. The van der Waals surface area contributed by atoms with Gasteiger partial charge in [-0.05, 0) is 19.8 Å². The normalized spacial score (nSPS) is 15.9. The Kier molecular flexibility index (Phi) is 2.72. The SMILES string of the molecule is Cc1cc(NCCNC2CC2)n(C)n1. The van der Waals surface area contributed by atoms with Crippen molar-refractivity contribution in [1.29, 1.82) is 0 Å². The van der Waals surface area contributed by atoms with Crippen LogP contribution in [0.2, 0.25) is 0 Å². The van der Waals surface area contributed by atoms with Crippen LogP contribution in [0.5, 0.6) is 0 Å². The largest absolute Gasteiger partial charge is 0.369 e. The lowest BCUT2D eigenvalue weighted by Crippen LogP contribution is -2.24. The summed E-state index contributed by atoms with van der Waals surface area (Å²) in [4.78, 5) is 0. The van der Waals surface area contributed by atoms with E-state index in [1.54, 1.807) is 0 Å². The third kappa shape index (κ3) is 2.48. The third-order valence-corrected chi connectivity index (χ3v) is 2.44. The van der Waals surface area contributed by atoms with Crippen LogP contribution in [-0.4, -0.2) is 28.9 Å². The van der Waals surface area contributed by atoms with Gasteiger partial charge in [0, 0.05) is 32.2 Å². The van der Waals surface area contributed by atoms with Gasteiger partial charge >= 0.3 is 0 Å². The lowest BCUT2D eigenvalue weighted by Gasteiger charge is -2.06. The van der Waals surface area contributed by atoms with Crippen molar-refractivity contribution < 1.29 is 0 Å². The van der Waals surface area contributed by atoms with Gasteiger partial charge in [0.05, 0.1) is 5.69 Å². The summed E-state index contributed by atoms with van der Waals surface area (Å²) >= 11 is 0. The lowest BCUT2D eigenvalue weighted by molar-refractivity contribution is 0.693. The molecule has 0 saturated heterocycles. The second-order valence-corrected chi connectivity index (χ2v) is 3.95. The maximum atomic E-state index is 4.27. The van der Waals surface area contributed by atoms with Crippen LogP contribution < -0.4 is 10.6 Å². The molecule has 0 spiro atoms. The summed E-state index contributed by atoms with van der Waals surface area (Å²) in [6, 6.07) is 2.86. The maximum absolute atomic E-state index is 4.27. The molecule has 1 heterocycles. The van der Waals surface area contributed by atoms with E-state index >= 15 is 0 Å². The topological polar surface area (TPSA) is 41.9 Å². The number of rotatable bonds is 5. The standard InChI is InChI=1S/C10H18N4/c1-8-7-10(14(2)13-8)12-6-5-11-9-3-4-9/h7,9,11-12H,3-6H2,1-2H3. The highest BCUT2D eigenvalue weighted by Gasteiger charge is 2.19. The number of hydrogen-bond acceptors (Lipinski definition) is 3. The molecule has 1 saturated carbocycles. The summed E-state index contributed by atoms with van der Waals surface area (Å²) in [5.74, 6) is 1.10. The van der Waals surface area contributed by atoms with Crippen LogP contribution >= 0.6 is 0 Å². The minimum atomic E-state index is 0.796. The van der Waals surface area contributed by atoms with Crippen LogP contribution in [-0.2, 0) is 7.05 Å². The van der Waals surface area contributed by atoms with Crippen LogP contribution in [0, 0.1) is 6.92 Å². The lowest BCUT2D eigenvalue weighted by atomic mass is 10.4.